The fourth-order valence-electron chi connectivity index (χ4n) is 2.82. The molecular formula is C14H20N2O4S. The van der Waals surface area contributed by atoms with E-state index < -0.39 is 5.97 Å². The Bertz CT molecular complexity index is 503. The monoisotopic (exact) mass is 312 g/mol. The minimum atomic E-state index is -0.456. The van der Waals surface area contributed by atoms with Crippen LogP contribution in [0.2, 0.25) is 0 Å². The molecule has 0 spiro atoms. The molecule has 2 rings (SSSR count). The lowest BCUT2D eigenvalue weighted by molar-refractivity contribution is -0.155. The van der Waals surface area contributed by atoms with E-state index in [4.69, 9.17) is 4.74 Å². The van der Waals surface area contributed by atoms with Crippen LogP contribution in [-0.4, -0.2) is 48.1 Å². The topological polar surface area (TPSA) is 75.7 Å². The van der Waals surface area contributed by atoms with Crippen molar-refractivity contribution < 1.29 is 19.1 Å². The predicted molar refractivity (Wildman–Crippen MR) is 79.2 cm³/mol. The molecule has 2 atom stereocenters. The summed E-state index contributed by atoms with van der Waals surface area (Å²) in [7, 11) is 1.32. The molecule has 2 aliphatic rings. The van der Waals surface area contributed by atoms with E-state index in [0.29, 0.717) is 24.4 Å². The third-order valence-electron chi connectivity index (χ3n) is 3.82. The number of carbonyl (C=O) groups is 3. The van der Waals surface area contributed by atoms with E-state index in [2.05, 4.69) is 5.32 Å². The molecular weight excluding hydrogens is 292 g/mol. The highest BCUT2D eigenvalue weighted by Gasteiger charge is 2.54. The summed E-state index contributed by atoms with van der Waals surface area (Å²) in [5, 5.41) is 2.72. The summed E-state index contributed by atoms with van der Waals surface area (Å²) >= 11 is 1.51. The lowest BCUT2D eigenvalue weighted by Crippen LogP contribution is -2.58. The van der Waals surface area contributed by atoms with Crippen molar-refractivity contribution in [2.75, 3.05) is 19.4 Å². The van der Waals surface area contributed by atoms with Gasteiger partial charge in [-0.25, -0.2) is 4.79 Å². The van der Waals surface area contributed by atoms with Gasteiger partial charge in [-0.05, 0) is 6.42 Å². The van der Waals surface area contributed by atoms with Crippen molar-refractivity contribution >= 4 is 29.5 Å². The smallest absolute Gasteiger partial charge is 0.355 e. The van der Waals surface area contributed by atoms with Gasteiger partial charge in [-0.3, -0.25) is 9.59 Å². The molecule has 0 saturated carbocycles. The number of nitrogens with zero attached hydrogens (tertiary/aromatic N) is 1. The Kier molecular flexibility index (Phi) is 4.92. The fraction of sp³-hybridized carbons (Fsp3) is 0.643. The maximum Gasteiger partial charge on any atom is 0.355 e. The zero-order chi connectivity index (χ0) is 15.6. The third-order valence-corrected chi connectivity index (χ3v) is 4.94. The first-order valence-corrected chi connectivity index (χ1v) is 8.01. The van der Waals surface area contributed by atoms with Crippen molar-refractivity contribution in [1.29, 1.82) is 0 Å². The number of fused-ring (bicyclic) bond motifs is 1. The van der Waals surface area contributed by atoms with Crippen molar-refractivity contribution in [2.45, 2.75) is 32.7 Å². The second kappa shape index (κ2) is 6.51. The maximum absolute atomic E-state index is 12.1. The average Bonchev–Trinajstić information content (AvgIpc) is 2.78. The van der Waals surface area contributed by atoms with Crippen molar-refractivity contribution in [3.63, 3.8) is 0 Å². The van der Waals surface area contributed by atoms with Crippen LogP contribution in [0.1, 0.15) is 26.7 Å². The lowest BCUT2D eigenvalue weighted by Gasteiger charge is -2.43. The standard InChI is InChI=1S/C14H20N2O4S/c1-4-9-10-7-11(21-6-5-15-8(2)17)12(14(19)20-3)16(10)13(9)18/h9-10H,4-7H2,1-3H3,(H,15,17). The highest BCUT2D eigenvalue weighted by atomic mass is 32.2. The second-order valence-electron chi connectivity index (χ2n) is 5.09. The number of amides is 2. The number of rotatable bonds is 6. The minimum absolute atomic E-state index is 0.0121. The Morgan fingerprint density at radius 3 is 2.76 bits per heavy atom. The first kappa shape index (κ1) is 15.9. The van der Waals surface area contributed by atoms with E-state index in [1.807, 2.05) is 6.92 Å². The van der Waals surface area contributed by atoms with Gasteiger partial charge in [0.1, 0.15) is 5.70 Å². The number of carbonyl (C=O) groups excluding carboxylic acids is 3. The number of β-lactam (4-membered cyclic amide) rings is 1. The van der Waals surface area contributed by atoms with Gasteiger partial charge < -0.3 is 15.0 Å². The maximum atomic E-state index is 12.1. The lowest BCUT2D eigenvalue weighted by atomic mass is 9.85. The van der Waals surface area contributed by atoms with Crippen LogP contribution in [0, 0.1) is 5.92 Å². The fourth-order valence-corrected chi connectivity index (χ4v) is 3.88. The van der Waals surface area contributed by atoms with Gasteiger partial charge in [0, 0.05) is 30.5 Å². The van der Waals surface area contributed by atoms with Gasteiger partial charge >= 0.3 is 5.97 Å². The molecule has 0 aromatic rings. The van der Waals surface area contributed by atoms with Crippen LogP contribution in [-0.2, 0) is 19.1 Å². The van der Waals surface area contributed by atoms with E-state index in [0.717, 1.165) is 11.3 Å². The summed E-state index contributed by atoms with van der Waals surface area (Å²) in [6.07, 6.45) is 1.50. The molecule has 21 heavy (non-hydrogen) atoms. The summed E-state index contributed by atoms with van der Waals surface area (Å²) < 4.78 is 4.80. The van der Waals surface area contributed by atoms with Gasteiger partial charge in [-0.1, -0.05) is 6.92 Å². The molecule has 2 heterocycles. The van der Waals surface area contributed by atoms with E-state index in [1.165, 1.54) is 25.8 Å². The van der Waals surface area contributed by atoms with Crippen molar-refractivity contribution in [2.24, 2.45) is 5.92 Å². The van der Waals surface area contributed by atoms with Gasteiger partial charge in [0.15, 0.2) is 0 Å². The number of hydrogen-bond acceptors (Lipinski definition) is 5. The van der Waals surface area contributed by atoms with Crippen LogP contribution in [0.3, 0.4) is 0 Å². The number of ether oxygens (including phenoxy) is 1. The van der Waals surface area contributed by atoms with Gasteiger partial charge in [0.05, 0.1) is 19.1 Å². The molecule has 1 fully saturated rings. The van der Waals surface area contributed by atoms with Crippen LogP contribution in [0.25, 0.3) is 0 Å². The van der Waals surface area contributed by atoms with Crippen LogP contribution >= 0.6 is 11.8 Å². The van der Waals surface area contributed by atoms with E-state index in [-0.39, 0.29) is 23.8 Å². The summed E-state index contributed by atoms with van der Waals surface area (Å²) in [5.41, 5.74) is 0.394. The minimum Gasteiger partial charge on any atom is -0.464 e. The summed E-state index contributed by atoms with van der Waals surface area (Å²) in [6, 6.07) is 0.0971. The molecule has 2 amide bonds. The van der Waals surface area contributed by atoms with Gasteiger partial charge in [-0.15, -0.1) is 11.8 Å². The number of esters is 1. The van der Waals surface area contributed by atoms with Crippen molar-refractivity contribution in [3.05, 3.63) is 10.6 Å². The average molecular weight is 312 g/mol. The number of hydrogen-bond donors (Lipinski definition) is 1. The Morgan fingerprint density at radius 1 is 1.48 bits per heavy atom. The van der Waals surface area contributed by atoms with Gasteiger partial charge in [0.2, 0.25) is 11.8 Å². The number of methoxy groups -OCH3 is 1. The molecule has 2 unspecified atom stereocenters. The summed E-state index contributed by atoms with van der Waals surface area (Å²) in [4.78, 5) is 37.3. The van der Waals surface area contributed by atoms with Gasteiger partial charge in [-0.2, -0.15) is 0 Å². The quantitative estimate of drug-likeness (QED) is 0.448. The van der Waals surface area contributed by atoms with Crippen molar-refractivity contribution in [1.82, 2.24) is 10.2 Å². The van der Waals surface area contributed by atoms with Crippen LogP contribution < -0.4 is 5.32 Å². The molecule has 7 heteroatoms. The van der Waals surface area contributed by atoms with Crippen LogP contribution in [0.4, 0.5) is 0 Å². The Balaban J connectivity index is 2.06. The number of thioether (sulfide) groups is 1. The molecule has 1 N–H and O–H groups in total. The SMILES string of the molecule is CCC1C(=O)N2C(C(=O)OC)=C(SCCNC(C)=O)CC12. The molecule has 0 aromatic carbocycles. The molecule has 116 valence electrons. The Hall–Kier alpha value is -1.50. The zero-order valence-corrected chi connectivity index (χ0v) is 13.3. The first-order valence-electron chi connectivity index (χ1n) is 7.03. The number of nitrogens with one attached hydrogen (secondary N) is 1. The molecule has 0 bridgehead atoms. The normalized spacial score (nSPS) is 23.8. The molecule has 1 saturated heterocycles. The Labute approximate surface area is 128 Å². The first-order chi connectivity index (χ1) is 10.0. The predicted octanol–water partition coefficient (Wildman–Crippen LogP) is 0.881. The molecule has 0 radical (unpaired) electrons. The second-order valence-corrected chi connectivity index (χ2v) is 6.28. The highest BCUT2D eigenvalue weighted by molar-refractivity contribution is 8.03. The van der Waals surface area contributed by atoms with Gasteiger partial charge in [0.25, 0.3) is 0 Å². The third kappa shape index (κ3) is 2.92. The van der Waals surface area contributed by atoms with E-state index >= 15 is 0 Å². The molecule has 0 aromatic heterocycles. The molecule has 0 aliphatic carbocycles. The summed E-state index contributed by atoms with van der Waals surface area (Å²) in [5.74, 6) is 0.163. The summed E-state index contributed by atoms with van der Waals surface area (Å²) in [6.45, 7) is 3.99. The van der Waals surface area contributed by atoms with E-state index in [1.54, 1.807) is 4.90 Å². The Morgan fingerprint density at radius 2 is 2.19 bits per heavy atom. The van der Waals surface area contributed by atoms with Crippen LogP contribution in [0.15, 0.2) is 10.6 Å². The van der Waals surface area contributed by atoms with Crippen LogP contribution in [0.5, 0.6) is 0 Å². The largest absolute Gasteiger partial charge is 0.464 e. The van der Waals surface area contributed by atoms with E-state index in [9.17, 15) is 14.4 Å². The molecule has 6 nitrogen and oxygen atoms in total. The zero-order valence-electron chi connectivity index (χ0n) is 12.5. The van der Waals surface area contributed by atoms with Crippen molar-refractivity contribution in [3.8, 4) is 0 Å². The highest BCUT2D eigenvalue weighted by Crippen LogP contribution is 2.47. The molecule has 2 aliphatic heterocycles.